The number of hydrogen-bond acceptors (Lipinski definition) is 6. The number of nitrogens with one attached hydrogen (secondary N) is 1. The second-order valence-electron chi connectivity index (χ2n) is 7.16. The van der Waals surface area contributed by atoms with Gasteiger partial charge in [-0.05, 0) is 43.3 Å². The highest BCUT2D eigenvalue weighted by Crippen LogP contribution is 2.23. The van der Waals surface area contributed by atoms with Crippen LogP contribution < -0.4 is 15.0 Å². The average molecular weight is 422 g/mol. The first-order valence-electron chi connectivity index (χ1n) is 10.1. The van der Waals surface area contributed by atoms with Gasteiger partial charge in [-0.1, -0.05) is 18.2 Å². The van der Waals surface area contributed by atoms with Crippen molar-refractivity contribution >= 4 is 17.4 Å². The second kappa shape index (κ2) is 9.53. The van der Waals surface area contributed by atoms with Crippen molar-refractivity contribution in [3.05, 3.63) is 66.5 Å². The quantitative estimate of drug-likeness (QED) is 0.655. The molecule has 1 aliphatic heterocycles. The maximum Gasteiger partial charge on any atom is 0.265 e. The molecule has 7 nitrogen and oxygen atoms in total. The first kappa shape index (κ1) is 20.7. The molecule has 1 saturated heterocycles. The van der Waals surface area contributed by atoms with E-state index in [1.165, 1.54) is 18.2 Å². The number of carbonyl (C=O) groups excluding carboxylic acids is 1. The number of aromatic nitrogens is 2. The summed E-state index contributed by atoms with van der Waals surface area (Å²) >= 11 is 0. The van der Waals surface area contributed by atoms with Crippen molar-refractivity contribution in [1.29, 1.82) is 0 Å². The molecule has 2 heterocycles. The normalized spacial score (nSPS) is 14.7. The third-order valence-electron chi connectivity index (χ3n) is 4.89. The van der Waals surface area contributed by atoms with Crippen LogP contribution in [0.4, 0.5) is 15.9 Å². The summed E-state index contributed by atoms with van der Waals surface area (Å²) in [7, 11) is 0. The Morgan fingerprint density at radius 2 is 1.90 bits per heavy atom. The van der Waals surface area contributed by atoms with Crippen molar-refractivity contribution in [3.63, 3.8) is 0 Å². The van der Waals surface area contributed by atoms with Gasteiger partial charge in [0.15, 0.2) is 11.9 Å². The molecule has 160 valence electrons. The van der Waals surface area contributed by atoms with E-state index in [0.717, 1.165) is 24.5 Å². The fraction of sp³-hybridized carbons (Fsp3) is 0.261. The lowest BCUT2D eigenvalue weighted by atomic mass is 10.1. The highest BCUT2D eigenvalue weighted by molar-refractivity contribution is 5.94. The molecule has 1 atom stereocenters. The summed E-state index contributed by atoms with van der Waals surface area (Å²) in [4.78, 5) is 14.6. The molecule has 0 saturated carbocycles. The Morgan fingerprint density at radius 1 is 1.10 bits per heavy atom. The van der Waals surface area contributed by atoms with Crippen molar-refractivity contribution in [1.82, 2.24) is 10.2 Å². The van der Waals surface area contributed by atoms with Crippen LogP contribution >= 0.6 is 0 Å². The lowest BCUT2D eigenvalue weighted by Gasteiger charge is -2.27. The molecule has 0 spiro atoms. The molecule has 1 aliphatic rings. The lowest BCUT2D eigenvalue weighted by Crippen LogP contribution is -2.36. The largest absolute Gasteiger partial charge is 0.481 e. The number of morpholine rings is 1. The minimum Gasteiger partial charge on any atom is -0.481 e. The summed E-state index contributed by atoms with van der Waals surface area (Å²) in [6, 6.07) is 16.9. The molecule has 4 rings (SSSR count). The van der Waals surface area contributed by atoms with E-state index in [-0.39, 0.29) is 5.91 Å². The Morgan fingerprint density at radius 3 is 2.65 bits per heavy atom. The third kappa shape index (κ3) is 5.35. The molecule has 1 N–H and O–H groups in total. The molecule has 0 radical (unpaired) electrons. The fourth-order valence-electron chi connectivity index (χ4n) is 3.24. The number of anilines is 2. The van der Waals surface area contributed by atoms with Crippen molar-refractivity contribution in [3.8, 4) is 17.0 Å². The molecule has 0 aliphatic carbocycles. The van der Waals surface area contributed by atoms with Gasteiger partial charge in [-0.2, -0.15) is 0 Å². The number of benzene rings is 2. The highest BCUT2D eigenvalue weighted by Gasteiger charge is 2.16. The zero-order valence-electron chi connectivity index (χ0n) is 17.1. The van der Waals surface area contributed by atoms with Gasteiger partial charge >= 0.3 is 0 Å². The van der Waals surface area contributed by atoms with Gasteiger partial charge < -0.3 is 19.7 Å². The second-order valence-corrected chi connectivity index (χ2v) is 7.16. The van der Waals surface area contributed by atoms with Crippen LogP contribution in [-0.4, -0.2) is 48.5 Å². The first-order chi connectivity index (χ1) is 15.1. The summed E-state index contributed by atoms with van der Waals surface area (Å²) in [6.07, 6.45) is -0.793. The average Bonchev–Trinajstić information content (AvgIpc) is 2.80. The smallest absolute Gasteiger partial charge is 0.265 e. The van der Waals surface area contributed by atoms with Crippen LogP contribution in [0, 0.1) is 5.82 Å². The maximum absolute atomic E-state index is 13.3. The molecule has 0 bridgehead atoms. The first-order valence-corrected chi connectivity index (χ1v) is 10.1. The number of halogens is 1. The van der Waals surface area contributed by atoms with Crippen LogP contribution in [0.2, 0.25) is 0 Å². The summed E-state index contributed by atoms with van der Waals surface area (Å²) in [5.41, 5.74) is 2.14. The SMILES string of the molecule is C[C@H](Oc1cccc(F)c1)C(=O)Nc1cccc(-c2ccc(N3CCOCC3)nn2)c1. The van der Waals surface area contributed by atoms with Gasteiger partial charge in [-0.15, -0.1) is 10.2 Å². The lowest BCUT2D eigenvalue weighted by molar-refractivity contribution is -0.122. The molecule has 3 aromatic rings. The van der Waals surface area contributed by atoms with Crippen LogP contribution in [0.3, 0.4) is 0 Å². The summed E-state index contributed by atoms with van der Waals surface area (Å²) in [6.45, 7) is 4.58. The Bertz CT molecular complexity index is 1040. The van der Waals surface area contributed by atoms with Gasteiger partial charge in [0.05, 0.1) is 18.9 Å². The summed E-state index contributed by atoms with van der Waals surface area (Å²) in [5, 5.41) is 11.5. The van der Waals surface area contributed by atoms with Crippen molar-refractivity contribution < 1.29 is 18.7 Å². The topological polar surface area (TPSA) is 76.6 Å². The zero-order valence-corrected chi connectivity index (χ0v) is 17.1. The summed E-state index contributed by atoms with van der Waals surface area (Å²) < 4.78 is 24.2. The minimum atomic E-state index is -0.793. The maximum atomic E-state index is 13.3. The Kier molecular flexibility index (Phi) is 6.37. The molecular formula is C23H23FN4O3. The van der Waals surface area contributed by atoms with E-state index in [0.29, 0.717) is 30.3 Å². The Balaban J connectivity index is 1.41. The predicted molar refractivity (Wildman–Crippen MR) is 116 cm³/mol. The van der Waals surface area contributed by atoms with Crippen LogP contribution in [0.15, 0.2) is 60.7 Å². The minimum absolute atomic E-state index is 0.298. The van der Waals surface area contributed by atoms with Gasteiger partial charge in [0.25, 0.3) is 5.91 Å². The van der Waals surface area contributed by atoms with Gasteiger partial charge in [-0.25, -0.2) is 4.39 Å². The van der Waals surface area contributed by atoms with E-state index in [1.54, 1.807) is 19.1 Å². The van der Waals surface area contributed by atoms with E-state index in [2.05, 4.69) is 20.4 Å². The van der Waals surface area contributed by atoms with E-state index in [4.69, 9.17) is 9.47 Å². The van der Waals surface area contributed by atoms with Crippen LogP contribution in [0.5, 0.6) is 5.75 Å². The van der Waals surface area contributed by atoms with E-state index < -0.39 is 11.9 Å². The number of rotatable bonds is 6. The molecular weight excluding hydrogens is 399 g/mol. The van der Waals surface area contributed by atoms with Gasteiger partial charge in [0.2, 0.25) is 0 Å². The van der Waals surface area contributed by atoms with Gasteiger partial charge in [0, 0.05) is 30.4 Å². The number of ether oxygens (including phenoxy) is 2. The molecule has 1 aromatic heterocycles. The molecule has 0 unspecified atom stereocenters. The van der Waals surface area contributed by atoms with Crippen LogP contribution in [0.25, 0.3) is 11.3 Å². The highest BCUT2D eigenvalue weighted by atomic mass is 19.1. The predicted octanol–water partition coefficient (Wildman–Crippen LogP) is 3.53. The van der Waals surface area contributed by atoms with E-state index >= 15 is 0 Å². The number of carbonyl (C=O) groups is 1. The molecule has 2 aromatic carbocycles. The third-order valence-corrected chi connectivity index (χ3v) is 4.89. The van der Waals surface area contributed by atoms with Gasteiger partial charge in [-0.3, -0.25) is 4.79 Å². The van der Waals surface area contributed by atoms with E-state index in [9.17, 15) is 9.18 Å². The number of nitrogens with zero attached hydrogens (tertiary/aromatic N) is 3. The molecule has 8 heteroatoms. The van der Waals surface area contributed by atoms with E-state index in [1.807, 2.05) is 30.3 Å². The molecule has 1 amide bonds. The van der Waals surface area contributed by atoms with Gasteiger partial charge in [0.1, 0.15) is 11.6 Å². The zero-order chi connectivity index (χ0) is 21.6. The van der Waals surface area contributed by atoms with Crippen molar-refractivity contribution in [2.24, 2.45) is 0 Å². The number of hydrogen-bond donors (Lipinski definition) is 1. The number of amides is 1. The summed E-state index contributed by atoms with van der Waals surface area (Å²) in [5.74, 6) is 0.362. The van der Waals surface area contributed by atoms with Crippen LogP contribution in [0.1, 0.15) is 6.92 Å². The molecule has 1 fully saturated rings. The van der Waals surface area contributed by atoms with Crippen LogP contribution in [-0.2, 0) is 9.53 Å². The van der Waals surface area contributed by atoms with Crippen molar-refractivity contribution in [2.45, 2.75) is 13.0 Å². The van der Waals surface area contributed by atoms with Crippen molar-refractivity contribution in [2.75, 3.05) is 36.5 Å². The Hall–Kier alpha value is -3.52. The fourth-order valence-corrected chi connectivity index (χ4v) is 3.24. The molecule has 31 heavy (non-hydrogen) atoms. The Labute approximate surface area is 179 Å². The monoisotopic (exact) mass is 422 g/mol. The standard InChI is InChI=1S/C23H23FN4O3/c1-16(31-20-7-3-5-18(24)15-20)23(29)25-19-6-2-4-17(14-19)21-8-9-22(27-26-21)28-10-12-30-13-11-28/h2-9,14-16H,10-13H2,1H3,(H,25,29)/t16-/m0/s1.